The van der Waals surface area contributed by atoms with E-state index in [0.717, 1.165) is 6.07 Å². The summed E-state index contributed by atoms with van der Waals surface area (Å²) in [6.07, 6.45) is 0. The van der Waals surface area contributed by atoms with Gasteiger partial charge < -0.3 is 5.73 Å². The SMILES string of the molecule is Nc1c(F)cc(I)c(F)c1F. The van der Waals surface area contributed by atoms with Crippen LogP contribution in [-0.2, 0) is 0 Å². The quantitative estimate of drug-likeness (QED) is 0.334. The minimum absolute atomic E-state index is 0.119. The van der Waals surface area contributed by atoms with Gasteiger partial charge in [-0.05, 0) is 28.7 Å². The molecule has 0 aliphatic carbocycles. The lowest BCUT2D eigenvalue weighted by molar-refractivity contribution is 0.495. The Morgan fingerprint density at radius 1 is 1.18 bits per heavy atom. The fraction of sp³-hybridized carbons (Fsp3) is 0. The van der Waals surface area contributed by atoms with E-state index in [1.54, 1.807) is 0 Å². The van der Waals surface area contributed by atoms with E-state index >= 15 is 0 Å². The number of benzene rings is 1. The molecule has 0 fully saturated rings. The highest BCUT2D eigenvalue weighted by molar-refractivity contribution is 14.1. The Labute approximate surface area is 74.5 Å². The van der Waals surface area contributed by atoms with E-state index in [9.17, 15) is 13.2 Å². The predicted octanol–water partition coefficient (Wildman–Crippen LogP) is 2.29. The first-order valence-corrected chi connectivity index (χ1v) is 3.70. The second kappa shape index (κ2) is 2.88. The number of hydrogen-bond donors (Lipinski definition) is 1. The molecule has 0 aliphatic rings. The summed E-state index contributed by atoms with van der Waals surface area (Å²) in [7, 11) is 0. The van der Waals surface area contributed by atoms with Gasteiger partial charge in [0, 0.05) is 0 Å². The third-order valence-corrected chi connectivity index (χ3v) is 1.93. The molecule has 0 heterocycles. The van der Waals surface area contributed by atoms with Crippen LogP contribution < -0.4 is 5.73 Å². The van der Waals surface area contributed by atoms with Gasteiger partial charge in [-0.25, -0.2) is 13.2 Å². The molecule has 5 heteroatoms. The van der Waals surface area contributed by atoms with Crippen LogP contribution in [0.15, 0.2) is 6.07 Å². The van der Waals surface area contributed by atoms with E-state index in [-0.39, 0.29) is 3.57 Å². The van der Waals surface area contributed by atoms with Crippen molar-refractivity contribution in [2.45, 2.75) is 0 Å². The van der Waals surface area contributed by atoms with Gasteiger partial charge in [0.25, 0.3) is 0 Å². The molecule has 2 N–H and O–H groups in total. The number of hydrogen-bond acceptors (Lipinski definition) is 1. The summed E-state index contributed by atoms with van der Waals surface area (Å²) in [6.45, 7) is 0. The van der Waals surface area contributed by atoms with E-state index in [1.807, 2.05) is 0 Å². The number of nitrogens with two attached hydrogens (primary N) is 1. The van der Waals surface area contributed by atoms with Gasteiger partial charge in [0.15, 0.2) is 11.6 Å². The van der Waals surface area contributed by atoms with Gasteiger partial charge in [0.1, 0.15) is 11.5 Å². The Hall–Kier alpha value is -0.460. The van der Waals surface area contributed by atoms with E-state index in [4.69, 9.17) is 5.73 Å². The molecule has 0 aliphatic heterocycles. The second-order valence-electron chi connectivity index (χ2n) is 1.88. The fourth-order valence-corrected chi connectivity index (χ4v) is 1.09. The molecular formula is C6H3F3IN. The van der Waals surface area contributed by atoms with Crippen molar-refractivity contribution < 1.29 is 13.2 Å². The molecule has 1 rings (SSSR count). The zero-order chi connectivity index (χ0) is 8.59. The maximum Gasteiger partial charge on any atom is 0.185 e. The number of halogens is 4. The van der Waals surface area contributed by atoms with Gasteiger partial charge in [0.2, 0.25) is 0 Å². The second-order valence-corrected chi connectivity index (χ2v) is 3.04. The highest BCUT2D eigenvalue weighted by Crippen LogP contribution is 2.22. The predicted molar refractivity (Wildman–Crippen MR) is 43.4 cm³/mol. The van der Waals surface area contributed by atoms with Crippen molar-refractivity contribution >= 4 is 28.3 Å². The Kier molecular flexibility index (Phi) is 2.26. The number of rotatable bonds is 0. The summed E-state index contributed by atoms with van der Waals surface area (Å²) < 4.78 is 37.4. The highest BCUT2D eigenvalue weighted by Gasteiger charge is 2.14. The molecule has 1 aromatic carbocycles. The summed E-state index contributed by atoms with van der Waals surface area (Å²) in [6, 6.07) is 0.842. The molecule has 0 atom stereocenters. The summed E-state index contributed by atoms with van der Waals surface area (Å²) in [5.74, 6) is -3.37. The Bertz CT molecular complexity index is 274. The van der Waals surface area contributed by atoms with Gasteiger partial charge in [-0.15, -0.1) is 0 Å². The lowest BCUT2D eigenvalue weighted by Crippen LogP contribution is -2.00. The van der Waals surface area contributed by atoms with Crippen molar-refractivity contribution in [3.05, 3.63) is 27.1 Å². The van der Waals surface area contributed by atoms with Gasteiger partial charge >= 0.3 is 0 Å². The van der Waals surface area contributed by atoms with Crippen LogP contribution in [0.25, 0.3) is 0 Å². The molecule has 11 heavy (non-hydrogen) atoms. The van der Waals surface area contributed by atoms with Crippen molar-refractivity contribution in [3.8, 4) is 0 Å². The third kappa shape index (κ3) is 1.42. The first-order valence-electron chi connectivity index (χ1n) is 2.62. The number of anilines is 1. The smallest absolute Gasteiger partial charge is 0.185 e. The normalized spacial score (nSPS) is 10.2. The monoisotopic (exact) mass is 273 g/mol. The zero-order valence-electron chi connectivity index (χ0n) is 5.17. The summed E-state index contributed by atoms with van der Waals surface area (Å²) in [5.41, 5.74) is 4.08. The molecule has 60 valence electrons. The molecule has 0 aromatic heterocycles. The minimum Gasteiger partial charge on any atom is -0.394 e. The van der Waals surface area contributed by atoms with E-state index < -0.39 is 23.1 Å². The van der Waals surface area contributed by atoms with Crippen molar-refractivity contribution in [1.29, 1.82) is 0 Å². The topological polar surface area (TPSA) is 26.0 Å². The largest absolute Gasteiger partial charge is 0.394 e. The van der Waals surface area contributed by atoms with Crippen molar-refractivity contribution in [2.24, 2.45) is 0 Å². The van der Waals surface area contributed by atoms with Crippen molar-refractivity contribution in [1.82, 2.24) is 0 Å². The van der Waals surface area contributed by atoms with Crippen LogP contribution in [0.5, 0.6) is 0 Å². The van der Waals surface area contributed by atoms with Crippen LogP contribution in [0.2, 0.25) is 0 Å². The summed E-state index contributed by atoms with van der Waals surface area (Å²) in [4.78, 5) is 0. The fourth-order valence-electron chi connectivity index (χ4n) is 0.580. The molecule has 0 saturated carbocycles. The molecule has 0 spiro atoms. The Morgan fingerprint density at radius 2 is 1.73 bits per heavy atom. The molecule has 1 aromatic rings. The van der Waals surface area contributed by atoms with Crippen LogP contribution >= 0.6 is 22.6 Å². The van der Waals surface area contributed by atoms with Crippen LogP contribution in [0.1, 0.15) is 0 Å². The zero-order valence-corrected chi connectivity index (χ0v) is 7.32. The van der Waals surface area contributed by atoms with Crippen LogP contribution in [-0.4, -0.2) is 0 Å². The van der Waals surface area contributed by atoms with Gasteiger partial charge in [-0.1, -0.05) is 0 Å². The third-order valence-electron chi connectivity index (χ3n) is 1.15. The average Bonchev–Trinajstić information content (AvgIpc) is 1.97. The maximum atomic E-state index is 12.5. The Balaban J connectivity index is 3.46. The van der Waals surface area contributed by atoms with Crippen LogP contribution in [0, 0.1) is 21.0 Å². The summed E-state index contributed by atoms with van der Waals surface area (Å²) in [5, 5.41) is 0. The summed E-state index contributed by atoms with van der Waals surface area (Å²) >= 11 is 1.48. The molecule has 0 unspecified atom stereocenters. The minimum atomic E-state index is -1.32. The maximum absolute atomic E-state index is 12.5. The lowest BCUT2D eigenvalue weighted by Gasteiger charge is -2.00. The average molecular weight is 273 g/mol. The molecule has 0 saturated heterocycles. The lowest BCUT2D eigenvalue weighted by atomic mass is 10.3. The van der Waals surface area contributed by atoms with Gasteiger partial charge in [-0.2, -0.15) is 0 Å². The van der Waals surface area contributed by atoms with Crippen LogP contribution in [0.3, 0.4) is 0 Å². The van der Waals surface area contributed by atoms with Crippen molar-refractivity contribution in [3.63, 3.8) is 0 Å². The van der Waals surface area contributed by atoms with Crippen LogP contribution in [0.4, 0.5) is 18.9 Å². The Morgan fingerprint density at radius 3 is 2.27 bits per heavy atom. The van der Waals surface area contributed by atoms with Gasteiger partial charge in [0.05, 0.1) is 3.57 Å². The molecule has 1 nitrogen and oxygen atoms in total. The molecule has 0 radical (unpaired) electrons. The first kappa shape index (κ1) is 8.63. The van der Waals surface area contributed by atoms with Crippen molar-refractivity contribution in [2.75, 3.05) is 5.73 Å². The molecular weight excluding hydrogens is 270 g/mol. The van der Waals surface area contributed by atoms with Gasteiger partial charge in [-0.3, -0.25) is 0 Å². The van der Waals surface area contributed by atoms with E-state index in [0.29, 0.717) is 0 Å². The molecule has 0 bridgehead atoms. The van der Waals surface area contributed by atoms with E-state index in [2.05, 4.69) is 0 Å². The highest BCUT2D eigenvalue weighted by atomic mass is 127. The number of nitrogen functional groups attached to an aromatic ring is 1. The standard InChI is InChI=1S/C6H3F3IN/c7-2-1-3(10)4(8)5(9)6(2)11/h1H,11H2. The van der Waals surface area contributed by atoms with E-state index in [1.165, 1.54) is 22.6 Å². The first-order chi connectivity index (χ1) is 5.04. The molecule has 0 amide bonds.